The first-order chi connectivity index (χ1) is 9.49. The number of carbonyl (C=O) groups is 2. The quantitative estimate of drug-likeness (QED) is 0.793. The van der Waals surface area contributed by atoms with Crippen LogP contribution in [-0.4, -0.2) is 27.2 Å². The van der Waals surface area contributed by atoms with Gasteiger partial charge in [-0.25, -0.2) is 4.79 Å². The number of anilines is 1. The predicted octanol–water partition coefficient (Wildman–Crippen LogP) is 1.91. The van der Waals surface area contributed by atoms with Crippen LogP contribution in [0.3, 0.4) is 0 Å². The highest BCUT2D eigenvalue weighted by molar-refractivity contribution is 5.96. The summed E-state index contributed by atoms with van der Waals surface area (Å²) in [5.74, 6) is -1.31. The highest BCUT2D eigenvalue weighted by atomic mass is 16.4. The molecule has 1 amide bonds. The molecule has 0 saturated heterocycles. The first-order valence-corrected chi connectivity index (χ1v) is 6.11. The van der Waals surface area contributed by atoms with Crippen molar-refractivity contribution < 1.29 is 14.7 Å². The van der Waals surface area contributed by atoms with Crippen molar-refractivity contribution in [1.29, 1.82) is 0 Å². The van der Waals surface area contributed by atoms with Crippen molar-refractivity contribution in [1.82, 2.24) is 10.2 Å². The maximum absolute atomic E-state index is 12.0. The number of H-pyrrole nitrogens is 1. The number of benzene rings is 1. The van der Waals surface area contributed by atoms with Gasteiger partial charge in [0.25, 0.3) is 0 Å². The summed E-state index contributed by atoms with van der Waals surface area (Å²) in [4.78, 5) is 23.1. The van der Waals surface area contributed by atoms with E-state index in [2.05, 4.69) is 15.5 Å². The number of aromatic carboxylic acids is 1. The summed E-state index contributed by atoms with van der Waals surface area (Å²) in [7, 11) is 0. The summed E-state index contributed by atoms with van der Waals surface area (Å²) in [6, 6.07) is 6.47. The van der Waals surface area contributed by atoms with E-state index in [1.807, 2.05) is 0 Å². The maximum Gasteiger partial charge on any atom is 0.335 e. The Kier molecular flexibility index (Phi) is 3.84. The summed E-state index contributed by atoms with van der Waals surface area (Å²) in [5.41, 5.74) is 2.73. The van der Waals surface area contributed by atoms with Gasteiger partial charge in [0.1, 0.15) is 0 Å². The number of nitrogens with one attached hydrogen (secondary N) is 2. The van der Waals surface area contributed by atoms with Crippen molar-refractivity contribution in [3.05, 3.63) is 46.8 Å². The zero-order valence-corrected chi connectivity index (χ0v) is 11.2. The number of amides is 1. The minimum atomic E-state index is -1.04. The minimum Gasteiger partial charge on any atom is -0.478 e. The van der Waals surface area contributed by atoms with Crippen LogP contribution in [0.25, 0.3) is 0 Å². The molecule has 1 heterocycles. The van der Waals surface area contributed by atoms with E-state index in [1.165, 1.54) is 6.07 Å². The molecule has 2 aromatic rings. The molecule has 2 rings (SSSR count). The average molecular weight is 273 g/mol. The fraction of sp³-hybridized carbons (Fsp3) is 0.214. The molecule has 0 saturated carbocycles. The van der Waals surface area contributed by atoms with Crippen molar-refractivity contribution in [2.45, 2.75) is 20.3 Å². The molecule has 0 spiro atoms. The number of rotatable bonds is 4. The molecule has 0 atom stereocenters. The van der Waals surface area contributed by atoms with Crippen LogP contribution in [0.2, 0.25) is 0 Å². The van der Waals surface area contributed by atoms with E-state index in [1.54, 1.807) is 32.0 Å². The molecule has 3 N–H and O–H groups in total. The second kappa shape index (κ2) is 5.56. The van der Waals surface area contributed by atoms with Gasteiger partial charge in [0.2, 0.25) is 5.91 Å². The highest BCUT2D eigenvalue weighted by Crippen LogP contribution is 2.17. The summed E-state index contributed by atoms with van der Waals surface area (Å²) in [6.07, 6.45) is 0.00648. The van der Waals surface area contributed by atoms with Gasteiger partial charge in [-0.2, -0.15) is 5.10 Å². The Bertz CT molecular complexity index is 642. The lowest BCUT2D eigenvalue weighted by Gasteiger charge is -2.07. The van der Waals surface area contributed by atoms with Crippen LogP contribution in [0.15, 0.2) is 24.3 Å². The second-order valence-corrected chi connectivity index (χ2v) is 4.50. The monoisotopic (exact) mass is 273 g/mol. The number of carboxylic acid groups (broad SMARTS) is 1. The number of aromatic amines is 1. The normalized spacial score (nSPS) is 10.3. The van der Waals surface area contributed by atoms with Gasteiger partial charge in [-0.3, -0.25) is 9.89 Å². The predicted molar refractivity (Wildman–Crippen MR) is 73.8 cm³/mol. The Labute approximate surface area is 115 Å². The molecule has 0 fully saturated rings. The molecule has 20 heavy (non-hydrogen) atoms. The number of hydrogen-bond donors (Lipinski definition) is 3. The summed E-state index contributed by atoms with van der Waals surface area (Å²) in [5, 5.41) is 18.6. The molecule has 6 heteroatoms. The van der Waals surface area contributed by atoms with Gasteiger partial charge in [0, 0.05) is 0 Å². The third-order valence-electron chi connectivity index (χ3n) is 2.99. The van der Waals surface area contributed by atoms with Crippen molar-refractivity contribution in [3.8, 4) is 0 Å². The van der Waals surface area contributed by atoms with E-state index in [0.717, 1.165) is 5.69 Å². The van der Waals surface area contributed by atoms with Crippen LogP contribution >= 0.6 is 0 Å². The first-order valence-electron chi connectivity index (χ1n) is 6.11. The fourth-order valence-electron chi connectivity index (χ4n) is 1.97. The molecule has 1 aromatic carbocycles. The molecule has 0 aliphatic rings. The molecular formula is C14H15N3O3. The number of aryl methyl sites for hydroxylation is 2. The smallest absolute Gasteiger partial charge is 0.335 e. The number of nitrogens with zero attached hydrogens (tertiary/aromatic N) is 1. The first kappa shape index (κ1) is 13.8. The summed E-state index contributed by atoms with van der Waals surface area (Å²) < 4.78 is 0. The van der Waals surface area contributed by atoms with Crippen molar-refractivity contribution in [2.24, 2.45) is 0 Å². The number of hydrogen-bond acceptors (Lipinski definition) is 3. The lowest BCUT2D eigenvalue weighted by atomic mass is 10.0. The third-order valence-corrected chi connectivity index (χ3v) is 2.99. The Balaban J connectivity index is 2.15. The Morgan fingerprint density at radius 3 is 2.60 bits per heavy atom. The van der Waals surface area contributed by atoms with Crippen LogP contribution < -0.4 is 5.32 Å². The van der Waals surface area contributed by atoms with Gasteiger partial charge in [-0.05, 0) is 25.5 Å². The van der Waals surface area contributed by atoms with Gasteiger partial charge in [0.15, 0.2) is 0 Å². The zero-order chi connectivity index (χ0) is 14.7. The molecular weight excluding hydrogens is 258 g/mol. The van der Waals surface area contributed by atoms with Crippen molar-refractivity contribution in [3.63, 3.8) is 0 Å². The van der Waals surface area contributed by atoms with Gasteiger partial charge in [-0.15, -0.1) is 0 Å². The number of carboxylic acids is 1. The Morgan fingerprint density at radius 1 is 1.30 bits per heavy atom. The SMILES string of the molecule is Cc1n[nH]c(C)c1NC(=O)Cc1ccccc1C(=O)O. The number of aromatic nitrogens is 2. The van der Waals surface area contributed by atoms with E-state index in [0.29, 0.717) is 16.9 Å². The Hall–Kier alpha value is -2.63. The number of carbonyl (C=O) groups excluding carboxylic acids is 1. The maximum atomic E-state index is 12.0. The van der Waals surface area contributed by atoms with Crippen LogP contribution in [0, 0.1) is 13.8 Å². The lowest BCUT2D eigenvalue weighted by Crippen LogP contribution is -2.17. The van der Waals surface area contributed by atoms with E-state index in [9.17, 15) is 9.59 Å². The highest BCUT2D eigenvalue weighted by Gasteiger charge is 2.14. The standard InChI is InChI=1S/C14H15N3O3/c1-8-13(9(2)17-16-8)15-12(18)7-10-5-3-4-6-11(10)14(19)20/h3-6H,7H2,1-2H3,(H,15,18)(H,16,17)(H,19,20). The van der Waals surface area contributed by atoms with Crippen LogP contribution in [-0.2, 0) is 11.2 Å². The van der Waals surface area contributed by atoms with E-state index >= 15 is 0 Å². The summed E-state index contributed by atoms with van der Waals surface area (Å²) >= 11 is 0. The van der Waals surface area contributed by atoms with Gasteiger partial charge in [-0.1, -0.05) is 18.2 Å². The van der Waals surface area contributed by atoms with E-state index in [-0.39, 0.29) is 17.9 Å². The average Bonchev–Trinajstić information content (AvgIpc) is 2.71. The van der Waals surface area contributed by atoms with E-state index < -0.39 is 5.97 Å². The molecule has 1 aromatic heterocycles. The largest absolute Gasteiger partial charge is 0.478 e. The minimum absolute atomic E-state index is 0.00648. The van der Waals surface area contributed by atoms with E-state index in [4.69, 9.17) is 5.11 Å². The van der Waals surface area contributed by atoms with Crippen LogP contribution in [0.5, 0.6) is 0 Å². The molecule has 0 bridgehead atoms. The van der Waals surface area contributed by atoms with Crippen molar-refractivity contribution in [2.75, 3.05) is 5.32 Å². The topological polar surface area (TPSA) is 95.1 Å². The Morgan fingerprint density at radius 2 is 2.00 bits per heavy atom. The third kappa shape index (κ3) is 2.85. The lowest BCUT2D eigenvalue weighted by molar-refractivity contribution is -0.115. The van der Waals surface area contributed by atoms with Crippen LogP contribution in [0.1, 0.15) is 27.3 Å². The van der Waals surface area contributed by atoms with Gasteiger partial charge < -0.3 is 10.4 Å². The second-order valence-electron chi connectivity index (χ2n) is 4.50. The molecule has 0 aliphatic heterocycles. The molecule has 104 valence electrons. The molecule has 0 radical (unpaired) electrons. The zero-order valence-electron chi connectivity index (χ0n) is 11.2. The van der Waals surface area contributed by atoms with Gasteiger partial charge >= 0.3 is 5.97 Å². The molecule has 6 nitrogen and oxygen atoms in total. The fourth-order valence-corrected chi connectivity index (χ4v) is 1.97. The van der Waals surface area contributed by atoms with Crippen LogP contribution in [0.4, 0.5) is 5.69 Å². The molecule has 0 unspecified atom stereocenters. The van der Waals surface area contributed by atoms with Gasteiger partial charge in [0.05, 0.1) is 29.1 Å². The molecule has 0 aliphatic carbocycles. The van der Waals surface area contributed by atoms with Crippen molar-refractivity contribution >= 4 is 17.6 Å². The summed E-state index contributed by atoms with van der Waals surface area (Å²) in [6.45, 7) is 3.59.